The standard InChI is InChI=1S/C30H30O8/c31-22-5-1-3-17(10-22)7-8-21(9-18-12-25(33)29(37)26(34)13-18)24(20-4-2-6-23(32)16-20)11-19-14-27(35)30(38)28(36)15-19/h1-6,10,12-16,21,24,31-38H,7-9,11H2/t21-,24+/m0/s1. The predicted molar refractivity (Wildman–Crippen MR) is 141 cm³/mol. The Balaban J connectivity index is 1.76. The van der Waals surface area contributed by atoms with E-state index in [9.17, 15) is 40.9 Å². The number of aryl methyl sites for hydroxylation is 1. The topological polar surface area (TPSA) is 162 Å². The molecule has 4 aromatic rings. The van der Waals surface area contributed by atoms with Crippen molar-refractivity contribution in [1.29, 1.82) is 0 Å². The highest BCUT2D eigenvalue weighted by atomic mass is 16.3. The highest BCUT2D eigenvalue weighted by molar-refractivity contribution is 5.52. The van der Waals surface area contributed by atoms with Gasteiger partial charge in [-0.3, -0.25) is 0 Å². The molecule has 0 radical (unpaired) electrons. The van der Waals surface area contributed by atoms with Gasteiger partial charge in [-0.1, -0.05) is 24.3 Å². The molecule has 0 aliphatic rings. The molecule has 0 aliphatic carbocycles. The molecule has 8 nitrogen and oxygen atoms in total. The van der Waals surface area contributed by atoms with Gasteiger partial charge in [-0.15, -0.1) is 0 Å². The summed E-state index contributed by atoms with van der Waals surface area (Å²) in [7, 11) is 0. The van der Waals surface area contributed by atoms with E-state index in [1.54, 1.807) is 36.4 Å². The van der Waals surface area contributed by atoms with Crippen LogP contribution in [0.25, 0.3) is 0 Å². The van der Waals surface area contributed by atoms with Crippen molar-refractivity contribution < 1.29 is 40.9 Å². The van der Waals surface area contributed by atoms with Crippen LogP contribution < -0.4 is 0 Å². The number of phenols is 8. The van der Waals surface area contributed by atoms with Gasteiger partial charge < -0.3 is 40.9 Å². The molecule has 0 fully saturated rings. The Bertz CT molecular complexity index is 1390. The van der Waals surface area contributed by atoms with Gasteiger partial charge in [0.2, 0.25) is 0 Å². The Morgan fingerprint density at radius 2 is 1.00 bits per heavy atom. The van der Waals surface area contributed by atoms with Crippen LogP contribution in [0, 0.1) is 5.92 Å². The van der Waals surface area contributed by atoms with E-state index in [-0.39, 0.29) is 23.3 Å². The van der Waals surface area contributed by atoms with Crippen molar-refractivity contribution >= 4 is 0 Å². The molecule has 0 saturated carbocycles. The smallest absolute Gasteiger partial charge is 0.200 e. The van der Waals surface area contributed by atoms with E-state index in [0.29, 0.717) is 36.8 Å². The average Bonchev–Trinajstić information content (AvgIpc) is 2.87. The van der Waals surface area contributed by atoms with Crippen LogP contribution in [-0.4, -0.2) is 40.9 Å². The highest BCUT2D eigenvalue weighted by Gasteiger charge is 2.26. The average molecular weight is 519 g/mol. The Hall–Kier alpha value is -4.72. The normalized spacial score (nSPS) is 12.7. The van der Waals surface area contributed by atoms with E-state index >= 15 is 0 Å². The summed E-state index contributed by atoms with van der Waals surface area (Å²) in [5.74, 6) is -3.30. The molecule has 198 valence electrons. The number of aromatic hydroxyl groups is 8. The van der Waals surface area contributed by atoms with Gasteiger partial charge in [0, 0.05) is 0 Å². The molecule has 0 aromatic heterocycles. The zero-order valence-electron chi connectivity index (χ0n) is 20.5. The van der Waals surface area contributed by atoms with Crippen molar-refractivity contribution in [2.75, 3.05) is 0 Å². The van der Waals surface area contributed by atoms with Crippen molar-refractivity contribution in [3.63, 3.8) is 0 Å². The highest BCUT2D eigenvalue weighted by Crippen LogP contribution is 2.42. The van der Waals surface area contributed by atoms with Crippen molar-refractivity contribution in [2.24, 2.45) is 5.92 Å². The van der Waals surface area contributed by atoms with E-state index in [2.05, 4.69) is 0 Å². The monoisotopic (exact) mass is 518 g/mol. The maximum absolute atomic E-state index is 10.2. The molecule has 0 unspecified atom stereocenters. The van der Waals surface area contributed by atoms with E-state index in [1.807, 2.05) is 12.1 Å². The van der Waals surface area contributed by atoms with Gasteiger partial charge in [-0.2, -0.15) is 0 Å². The summed E-state index contributed by atoms with van der Waals surface area (Å²) in [6.45, 7) is 0. The maximum Gasteiger partial charge on any atom is 0.200 e. The summed E-state index contributed by atoms with van der Waals surface area (Å²) in [6.07, 6.45) is 1.83. The van der Waals surface area contributed by atoms with Crippen LogP contribution >= 0.6 is 0 Å². The molecule has 4 rings (SSSR count). The van der Waals surface area contributed by atoms with E-state index < -0.39 is 34.5 Å². The fourth-order valence-corrected chi connectivity index (χ4v) is 4.94. The first kappa shape index (κ1) is 26.3. The number of hydrogen-bond donors (Lipinski definition) is 8. The van der Waals surface area contributed by atoms with E-state index in [1.165, 1.54) is 24.3 Å². The van der Waals surface area contributed by atoms with Gasteiger partial charge in [0.25, 0.3) is 0 Å². The minimum atomic E-state index is -0.613. The largest absolute Gasteiger partial charge is 0.508 e. The third kappa shape index (κ3) is 6.15. The molecule has 0 bridgehead atoms. The molecule has 4 aromatic carbocycles. The number of hydrogen-bond acceptors (Lipinski definition) is 8. The van der Waals surface area contributed by atoms with E-state index in [4.69, 9.17) is 0 Å². The lowest BCUT2D eigenvalue weighted by molar-refractivity contribution is 0.359. The fourth-order valence-electron chi connectivity index (χ4n) is 4.94. The molecule has 8 N–H and O–H groups in total. The fraction of sp³-hybridized carbons (Fsp3) is 0.200. The molecule has 0 amide bonds. The third-order valence-corrected chi connectivity index (χ3v) is 6.79. The number of benzene rings is 4. The van der Waals surface area contributed by atoms with Crippen molar-refractivity contribution in [3.05, 3.63) is 95.1 Å². The van der Waals surface area contributed by atoms with Gasteiger partial charge in [-0.25, -0.2) is 0 Å². The molecule has 0 saturated heterocycles. The summed E-state index contributed by atoms with van der Waals surface area (Å²) in [6, 6.07) is 19.2. The lowest BCUT2D eigenvalue weighted by atomic mass is 9.75. The summed E-state index contributed by atoms with van der Waals surface area (Å²) in [5, 5.41) is 80.1. The molecular weight excluding hydrogens is 488 g/mol. The summed E-state index contributed by atoms with van der Waals surface area (Å²) in [4.78, 5) is 0. The maximum atomic E-state index is 10.2. The van der Waals surface area contributed by atoms with Gasteiger partial charge in [0.1, 0.15) is 11.5 Å². The molecule has 0 aliphatic heterocycles. The van der Waals surface area contributed by atoms with Gasteiger partial charge >= 0.3 is 0 Å². The van der Waals surface area contributed by atoms with Crippen molar-refractivity contribution in [1.82, 2.24) is 0 Å². The van der Waals surface area contributed by atoms with Crippen LogP contribution in [0.1, 0.15) is 34.6 Å². The minimum absolute atomic E-state index is 0.0653. The Kier molecular flexibility index (Phi) is 7.71. The molecular formula is C30H30O8. The lowest BCUT2D eigenvalue weighted by Gasteiger charge is -2.29. The van der Waals surface area contributed by atoms with Crippen LogP contribution in [0.4, 0.5) is 0 Å². The van der Waals surface area contributed by atoms with Crippen LogP contribution in [-0.2, 0) is 19.3 Å². The van der Waals surface area contributed by atoms with Gasteiger partial charge in [0.05, 0.1) is 0 Å². The lowest BCUT2D eigenvalue weighted by Crippen LogP contribution is -2.19. The first-order valence-electron chi connectivity index (χ1n) is 12.1. The van der Waals surface area contributed by atoms with Crippen LogP contribution in [0.2, 0.25) is 0 Å². The first-order valence-corrected chi connectivity index (χ1v) is 12.1. The summed E-state index contributed by atoms with van der Waals surface area (Å²) in [5.41, 5.74) is 2.80. The van der Waals surface area contributed by atoms with Crippen molar-refractivity contribution in [2.45, 2.75) is 31.6 Å². The second-order valence-corrected chi connectivity index (χ2v) is 9.54. The first-order chi connectivity index (χ1) is 18.1. The van der Waals surface area contributed by atoms with Crippen LogP contribution in [0.5, 0.6) is 46.0 Å². The number of phenolic OH excluding ortho intramolecular Hbond substituents is 8. The van der Waals surface area contributed by atoms with Crippen molar-refractivity contribution in [3.8, 4) is 46.0 Å². The third-order valence-electron chi connectivity index (χ3n) is 6.79. The molecule has 38 heavy (non-hydrogen) atoms. The number of rotatable bonds is 9. The molecule has 2 atom stereocenters. The zero-order valence-corrected chi connectivity index (χ0v) is 20.5. The molecule has 0 heterocycles. The Labute approximate surface area is 219 Å². The molecule has 8 heteroatoms. The summed E-state index contributed by atoms with van der Waals surface area (Å²) < 4.78 is 0. The Morgan fingerprint density at radius 1 is 0.500 bits per heavy atom. The van der Waals surface area contributed by atoms with Gasteiger partial charge in [-0.05, 0) is 108 Å². The second kappa shape index (κ2) is 11.1. The van der Waals surface area contributed by atoms with Crippen LogP contribution in [0.15, 0.2) is 72.8 Å². The zero-order chi connectivity index (χ0) is 27.4. The predicted octanol–water partition coefficient (Wildman–Crippen LogP) is 5.15. The van der Waals surface area contributed by atoms with Gasteiger partial charge in [0.15, 0.2) is 34.5 Å². The SMILES string of the molecule is Oc1cccc(CC[C@@H](Cc2cc(O)c(O)c(O)c2)[C@H](Cc2cc(O)c(O)c(O)c2)c2cccc(O)c2)c1. The van der Waals surface area contributed by atoms with E-state index in [0.717, 1.165) is 11.1 Å². The molecule has 0 spiro atoms. The summed E-state index contributed by atoms with van der Waals surface area (Å²) >= 11 is 0. The minimum Gasteiger partial charge on any atom is -0.508 e. The second-order valence-electron chi connectivity index (χ2n) is 9.54. The quantitative estimate of drug-likeness (QED) is 0.141. The van der Waals surface area contributed by atoms with Crippen LogP contribution in [0.3, 0.4) is 0 Å². The Morgan fingerprint density at radius 3 is 1.53 bits per heavy atom.